The molecule has 7 nitrogen and oxygen atoms in total. The Bertz CT molecular complexity index is 1030. The van der Waals surface area contributed by atoms with Crippen molar-refractivity contribution in [2.24, 2.45) is 0 Å². The van der Waals surface area contributed by atoms with Crippen LogP contribution in [0.1, 0.15) is 18.9 Å². The Morgan fingerprint density at radius 2 is 1.81 bits per heavy atom. The summed E-state index contributed by atoms with van der Waals surface area (Å²) in [6.45, 7) is 6.38. The van der Waals surface area contributed by atoms with E-state index < -0.39 is 11.8 Å². The van der Waals surface area contributed by atoms with E-state index in [1.165, 1.54) is 20.3 Å². The van der Waals surface area contributed by atoms with Crippen LogP contribution < -0.4 is 19.5 Å². The molecule has 0 atom stereocenters. The number of anilines is 1. The van der Waals surface area contributed by atoms with Crippen molar-refractivity contribution < 1.29 is 23.8 Å². The Morgan fingerprint density at radius 1 is 1.03 bits per heavy atom. The summed E-state index contributed by atoms with van der Waals surface area (Å²) in [5.74, 6) is 0.846. The number of nitrogens with one attached hydrogen (secondary N) is 1. The first kappa shape index (κ1) is 22.0. The highest BCUT2D eigenvalue weighted by Gasteiger charge is 2.38. The van der Waals surface area contributed by atoms with Crippen molar-refractivity contribution in [3.63, 3.8) is 0 Å². The van der Waals surface area contributed by atoms with E-state index in [0.29, 0.717) is 35.1 Å². The second-order valence-corrected chi connectivity index (χ2v) is 6.83. The van der Waals surface area contributed by atoms with E-state index >= 15 is 0 Å². The van der Waals surface area contributed by atoms with E-state index in [1.807, 2.05) is 25.1 Å². The summed E-state index contributed by atoms with van der Waals surface area (Å²) in [5.41, 5.74) is 1.63. The Morgan fingerprint density at radius 3 is 2.48 bits per heavy atom. The number of carbonyl (C=O) groups excluding carboxylic acids is 2. The molecule has 2 aromatic carbocycles. The maximum absolute atomic E-state index is 13.1. The molecule has 0 bridgehead atoms. The van der Waals surface area contributed by atoms with Crippen LogP contribution in [0.4, 0.5) is 5.69 Å². The summed E-state index contributed by atoms with van der Waals surface area (Å²) in [5, 5.41) is 3.12. The minimum atomic E-state index is -0.422. The Balaban J connectivity index is 2.05. The van der Waals surface area contributed by atoms with E-state index in [2.05, 4.69) is 11.9 Å². The minimum Gasteiger partial charge on any atom is -0.494 e. The third-order valence-corrected chi connectivity index (χ3v) is 4.73. The first-order chi connectivity index (χ1) is 15.0. The lowest BCUT2D eigenvalue weighted by molar-refractivity contribution is -0.136. The van der Waals surface area contributed by atoms with Crippen LogP contribution in [0.5, 0.6) is 17.2 Å². The van der Waals surface area contributed by atoms with Gasteiger partial charge in [-0.25, -0.2) is 0 Å². The number of imide groups is 1. The Labute approximate surface area is 181 Å². The van der Waals surface area contributed by atoms with Crippen LogP contribution in [0.25, 0.3) is 5.57 Å². The van der Waals surface area contributed by atoms with Crippen LogP contribution in [0.3, 0.4) is 0 Å². The zero-order chi connectivity index (χ0) is 22.4. The van der Waals surface area contributed by atoms with Gasteiger partial charge in [0.1, 0.15) is 11.4 Å². The molecule has 1 aliphatic heterocycles. The second-order valence-electron chi connectivity index (χ2n) is 6.83. The lowest BCUT2D eigenvalue weighted by Crippen LogP contribution is -2.32. The largest absolute Gasteiger partial charge is 0.494 e. The number of carbonyl (C=O) groups is 2. The fraction of sp³-hybridized carbons (Fsp3) is 0.250. The molecule has 7 heteroatoms. The van der Waals surface area contributed by atoms with E-state index in [-0.39, 0.29) is 17.8 Å². The molecule has 2 amide bonds. The van der Waals surface area contributed by atoms with Gasteiger partial charge in [0.05, 0.1) is 26.4 Å². The first-order valence-corrected chi connectivity index (χ1v) is 9.97. The molecule has 0 aliphatic carbocycles. The van der Waals surface area contributed by atoms with E-state index in [9.17, 15) is 9.59 Å². The third kappa shape index (κ3) is 4.55. The molecular weight excluding hydrogens is 396 g/mol. The number of benzene rings is 2. The van der Waals surface area contributed by atoms with Gasteiger partial charge < -0.3 is 19.5 Å². The van der Waals surface area contributed by atoms with E-state index in [4.69, 9.17) is 14.2 Å². The molecule has 2 aromatic rings. The molecule has 0 unspecified atom stereocenters. The maximum atomic E-state index is 13.1. The highest BCUT2D eigenvalue weighted by molar-refractivity contribution is 6.36. The normalized spacial score (nSPS) is 13.5. The van der Waals surface area contributed by atoms with Crippen molar-refractivity contribution >= 4 is 23.1 Å². The van der Waals surface area contributed by atoms with Crippen LogP contribution in [-0.4, -0.2) is 44.1 Å². The first-order valence-electron chi connectivity index (χ1n) is 9.97. The summed E-state index contributed by atoms with van der Waals surface area (Å²) < 4.78 is 16.3. The number of nitrogens with zero attached hydrogens (tertiary/aromatic N) is 1. The smallest absolute Gasteiger partial charge is 0.278 e. The van der Waals surface area contributed by atoms with Crippen molar-refractivity contribution in [3.05, 3.63) is 66.4 Å². The molecule has 0 spiro atoms. The second kappa shape index (κ2) is 9.84. The Kier molecular flexibility index (Phi) is 6.97. The van der Waals surface area contributed by atoms with Gasteiger partial charge in [0.2, 0.25) is 0 Å². The number of ether oxygens (including phenoxy) is 3. The van der Waals surface area contributed by atoms with Gasteiger partial charge in [0.15, 0.2) is 11.5 Å². The lowest BCUT2D eigenvalue weighted by atomic mass is 10.0. The summed E-state index contributed by atoms with van der Waals surface area (Å²) in [7, 11) is 3.05. The molecule has 0 saturated heterocycles. The molecule has 0 radical (unpaired) electrons. The standard InChI is InChI=1S/C24H26N2O5/c1-5-12-26-23(27)21(16-10-11-19(29-3)20(14-16)30-4)22(24(26)28)25-17-8-7-9-18(15-17)31-13-6-2/h5,7-11,14-15,25H,1,6,12-13H2,2-4H3. The van der Waals surface area contributed by atoms with Crippen molar-refractivity contribution in [2.45, 2.75) is 13.3 Å². The molecule has 3 rings (SSSR count). The highest BCUT2D eigenvalue weighted by atomic mass is 16.5. The van der Waals surface area contributed by atoms with Crippen molar-refractivity contribution in [3.8, 4) is 17.2 Å². The molecule has 1 heterocycles. The summed E-state index contributed by atoms with van der Waals surface area (Å²) in [6.07, 6.45) is 2.40. The molecule has 0 saturated carbocycles. The zero-order valence-corrected chi connectivity index (χ0v) is 17.9. The third-order valence-electron chi connectivity index (χ3n) is 4.73. The van der Waals surface area contributed by atoms with Crippen molar-refractivity contribution in [1.29, 1.82) is 0 Å². The van der Waals surface area contributed by atoms with Gasteiger partial charge in [-0.05, 0) is 36.2 Å². The fourth-order valence-corrected chi connectivity index (χ4v) is 3.27. The summed E-state index contributed by atoms with van der Waals surface area (Å²) in [4.78, 5) is 27.4. The van der Waals surface area contributed by atoms with Crippen LogP contribution in [0.2, 0.25) is 0 Å². The molecule has 162 valence electrons. The van der Waals surface area contributed by atoms with Gasteiger partial charge in [-0.1, -0.05) is 25.1 Å². The van der Waals surface area contributed by atoms with Gasteiger partial charge in [0, 0.05) is 18.3 Å². The van der Waals surface area contributed by atoms with Crippen LogP contribution >= 0.6 is 0 Å². The van der Waals surface area contributed by atoms with Crippen LogP contribution in [-0.2, 0) is 9.59 Å². The molecule has 1 N–H and O–H groups in total. The van der Waals surface area contributed by atoms with Crippen LogP contribution in [0.15, 0.2) is 60.8 Å². The molecule has 31 heavy (non-hydrogen) atoms. The topological polar surface area (TPSA) is 77.1 Å². The van der Waals surface area contributed by atoms with Gasteiger partial charge in [-0.2, -0.15) is 0 Å². The number of hydrogen-bond donors (Lipinski definition) is 1. The minimum absolute atomic E-state index is 0.110. The quantitative estimate of drug-likeness (QED) is 0.463. The molecule has 0 aromatic heterocycles. The van der Waals surface area contributed by atoms with E-state index in [0.717, 1.165) is 11.3 Å². The monoisotopic (exact) mass is 422 g/mol. The van der Waals surface area contributed by atoms with Gasteiger partial charge >= 0.3 is 0 Å². The number of amides is 2. The maximum Gasteiger partial charge on any atom is 0.278 e. The van der Waals surface area contributed by atoms with Crippen LogP contribution in [0, 0.1) is 0 Å². The van der Waals surface area contributed by atoms with Gasteiger partial charge in [-0.15, -0.1) is 6.58 Å². The predicted octanol–water partition coefficient (Wildman–Crippen LogP) is 3.87. The number of methoxy groups -OCH3 is 2. The SMILES string of the molecule is C=CCN1C(=O)C(Nc2cccc(OCCC)c2)=C(c2ccc(OC)c(OC)c2)C1=O. The number of hydrogen-bond acceptors (Lipinski definition) is 6. The summed E-state index contributed by atoms with van der Waals surface area (Å²) in [6, 6.07) is 12.4. The zero-order valence-electron chi connectivity index (χ0n) is 17.9. The molecule has 1 aliphatic rings. The summed E-state index contributed by atoms with van der Waals surface area (Å²) >= 11 is 0. The van der Waals surface area contributed by atoms with E-state index in [1.54, 1.807) is 24.3 Å². The fourth-order valence-electron chi connectivity index (χ4n) is 3.27. The highest BCUT2D eigenvalue weighted by Crippen LogP contribution is 2.36. The van der Waals surface area contributed by atoms with Gasteiger partial charge in [-0.3, -0.25) is 14.5 Å². The van der Waals surface area contributed by atoms with Crippen molar-refractivity contribution in [2.75, 3.05) is 32.7 Å². The average Bonchev–Trinajstić information content (AvgIpc) is 3.02. The average molecular weight is 422 g/mol. The number of rotatable bonds is 10. The van der Waals surface area contributed by atoms with Crippen molar-refractivity contribution in [1.82, 2.24) is 4.90 Å². The van der Waals surface area contributed by atoms with Gasteiger partial charge in [0.25, 0.3) is 11.8 Å². The molecular formula is C24H26N2O5. The predicted molar refractivity (Wildman–Crippen MR) is 119 cm³/mol. The molecule has 0 fully saturated rings. The lowest BCUT2D eigenvalue weighted by Gasteiger charge is -2.13. The Hall–Kier alpha value is -3.74.